The molecule has 168 valence electrons. The summed E-state index contributed by atoms with van der Waals surface area (Å²) in [7, 11) is 0. The van der Waals surface area contributed by atoms with E-state index in [-0.39, 0.29) is 12.8 Å². The molecule has 32 heavy (non-hydrogen) atoms. The molecule has 4 atom stereocenters. The Hall–Kier alpha value is -2.51. The average Bonchev–Trinajstić information content (AvgIpc) is 3.33. The molecule has 2 saturated heterocycles. The summed E-state index contributed by atoms with van der Waals surface area (Å²) in [6, 6.07) is 7.98. The summed E-state index contributed by atoms with van der Waals surface area (Å²) >= 11 is 1.55. The Labute approximate surface area is 192 Å². The van der Waals surface area contributed by atoms with Crippen molar-refractivity contribution < 1.29 is 5.11 Å². The average molecular weight is 452 g/mol. The maximum atomic E-state index is 9.15. The van der Waals surface area contributed by atoms with Crippen LogP contribution in [0.5, 0.6) is 0 Å². The first kappa shape index (κ1) is 21.3. The molecule has 3 aliphatic rings. The van der Waals surface area contributed by atoms with Crippen molar-refractivity contribution in [2.24, 2.45) is 0 Å². The van der Waals surface area contributed by atoms with Crippen LogP contribution >= 0.6 is 11.3 Å². The predicted molar refractivity (Wildman–Crippen MR) is 125 cm³/mol. The van der Waals surface area contributed by atoms with Crippen LogP contribution in [0, 0.1) is 11.3 Å². The number of pyridine rings is 1. The van der Waals surface area contributed by atoms with E-state index < -0.39 is 0 Å². The molecule has 2 bridgehead atoms. The highest BCUT2D eigenvalue weighted by atomic mass is 32.1. The molecule has 2 aromatic heterocycles. The normalized spacial score (nSPS) is 26.7. The number of aromatic nitrogens is 2. The zero-order valence-corrected chi connectivity index (χ0v) is 18.8. The number of thiazole rings is 1. The monoisotopic (exact) mass is 451 g/mol. The number of piperidine rings is 1. The lowest BCUT2D eigenvalue weighted by Crippen LogP contribution is -2.52. The van der Waals surface area contributed by atoms with Crippen molar-refractivity contribution in [3.05, 3.63) is 46.5 Å². The zero-order chi connectivity index (χ0) is 21.9. The molecule has 5 rings (SSSR count). The fourth-order valence-corrected chi connectivity index (χ4v) is 6.12. The van der Waals surface area contributed by atoms with E-state index in [1.54, 1.807) is 11.3 Å². The molecule has 0 spiro atoms. The molecule has 5 heterocycles. The molecule has 0 saturated carbocycles. The third-order valence-electron chi connectivity index (χ3n) is 6.69. The van der Waals surface area contributed by atoms with Gasteiger partial charge in [0.05, 0.1) is 11.8 Å². The number of hydrogen-bond acceptors (Lipinski definition) is 9. The number of anilines is 1. The van der Waals surface area contributed by atoms with Gasteiger partial charge in [-0.15, -0.1) is 11.3 Å². The van der Waals surface area contributed by atoms with Crippen molar-refractivity contribution in [1.29, 1.82) is 5.26 Å². The minimum absolute atomic E-state index is 0.0295. The van der Waals surface area contributed by atoms with Gasteiger partial charge in [-0.2, -0.15) is 5.26 Å². The summed E-state index contributed by atoms with van der Waals surface area (Å²) in [6.45, 7) is 1.03. The van der Waals surface area contributed by atoms with E-state index in [0.29, 0.717) is 31.0 Å². The highest BCUT2D eigenvalue weighted by Crippen LogP contribution is 2.37. The number of aliphatic hydroxyl groups is 1. The SMILES string of the molecule is N#CCCN1[C@@H]2CC[C@H]1CC(NC1NC(Nc3ncc(CCO)s3)=Cc3ncccc31)C2. The van der Waals surface area contributed by atoms with Crippen molar-refractivity contribution in [1.82, 2.24) is 25.5 Å². The van der Waals surface area contributed by atoms with E-state index in [4.69, 9.17) is 10.4 Å². The number of aliphatic hydroxyl groups excluding tert-OH is 1. The molecule has 2 fully saturated rings. The van der Waals surface area contributed by atoms with Crippen molar-refractivity contribution in [3.8, 4) is 6.07 Å². The van der Waals surface area contributed by atoms with E-state index in [1.165, 1.54) is 12.8 Å². The molecule has 2 aromatic rings. The van der Waals surface area contributed by atoms with E-state index in [2.05, 4.69) is 43.0 Å². The van der Waals surface area contributed by atoms with Crippen LogP contribution < -0.4 is 16.0 Å². The maximum absolute atomic E-state index is 9.15. The van der Waals surface area contributed by atoms with Gasteiger partial charge in [0.25, 0.3) is 0 Å². The van der Waals surface area contributed by atoms with Crippen molar-refractivity contribution in [3.63, 3.8) is 0 Å². The summed E-state index contributed by atoms with van der Waals surface area (Å²) in [6.07, 6.45) is 11.6. The Bertz CT molecular complexity index is 1000. The van der Waals surface area contributed by atoms with Gasteiger partial charge in [0, 0.05) is 73.0 Å². The van der Waals surface area contributed by atoms with Gasteiger partial charge in [-0.25, -0.2) is 4.98 Å². The molecule has 3 aliphatic heterocycles. The lowest BCUT2D eigenvalue weighted by Gasteiger charge is -2.41. The van der Waals surface area contributed by atoms with Crippen LogP contribution in [0.15, 0.2) is 30.3 Å². The van der Waals surface area contributed by atoms with Crippen molar-refractivity contribution in [2.75, 3.05) is 18.5 Å². The van der Waals surface area contributed by atoms with Gasteiger partial charge >= 0.3 is 0 Å². The van der Waals surface area contributed by atoms with Crippen LogP contribution in [0.2, 0.25) is 0 Å². The first-order valence-corrected chi connectivity index (χ1v) is 12.2. The summed E-state index contributed by atoms with van der Waals surface area (Å²) in [5.74, 6) is 0.869. The van der Waals surface area contributed by atoms with Gasteiger partial charge < -0.3 is 15.7 Å². The lowest BCUT2D eigenvalue weighted by atomic mass is 9.95. The molecule has 4 N–H and O–H groups in total. The third kappa shape index (κ3) is 4.50. The topological polar surface area (TPSA) is 109 Å². The Morgan fingerprint density at radius 3 is 2.91 bits per heavy atom. The second kappa shape index (κ2) is 9.55. The fourth-order valence-electron chi connectivity index (χ4n) is 5.31. The van der Waals surface area contributed by atoms with Crippen LogP contribution in [0.3, 0.4) is 0 Å². The third-order valence-corrected chi connectivity index (χ3v) is 7.66. The van der Waals surface area contributed by atoms with Gasteiger partial charge in [0.1, 0.15) is 12.0 Å². The van der Waals surface area contributed by atoms with Crippen LogP contribution in [0.4, 0.5) is 5.13 Å². The largest absolute Gasteiger partial charge is 0.396 e. The van der Waals surface area contributed by atoms with Crippen LogP contribution in [0.25, 0.3) is 6.08 Å². The van der Waals surface area contributed by atoms with Gasteiger partial charge in [-0.05, 0) is 31.7 Å². The summed E-state index contributed by atoms with van der Waals surface area (Å²) < 4.78 is 0. The smallest absolute Gasteiger partial charge is 0.188 e. The number of nitrogens with zero attached hydrogens (tertiary/aromatic N) is 4. The first-order chi connectivity index (χ1) is 15.7. The number of fused-ring (bicyclic) bond motifs is 3. The van der Waals surface area contributed by atoms with E-state index >= 15 is 0 Å². The minimum Gasteiger partial charge on any atom is -0.396 e. The van der Waals surface area contributed by atoms with Gasteiger partial charge in [0.15, 0.2) is 5.13 Å². The van der Waals surface area contributed by atoms with E-state index in [1.807, 2.05) is 24.5 Å². The highest BCUT2D eigenvalue weighted by molar-refractivity contribution is 7.15. The Morgan fingerprint density at radius 2 is 2.12 bits per heavy atom. The zero-order valence-electron chi connectivity index (χ0n) is 18.0. The minimum atomic E-state index is -0.0295. The molecule has 8 nitrogen and oxygen atoms in total. The van der Waals surface area contributed by atoms with E-state index in [9.17, 15) is 0 Å². The summed E-state index contributed by atoms with van der Waals surface area (Å²) in [4.78, 5) is 12.6. The van der Waals surface area contributed by atoms with Crippen LogP contribution in [-0.4, -0.2) is 51.3 Å². The van der Waals surface area contributed by atoms with E-state index in [0.717, 1.165) is 46.5 Å². The molecule has 0 amide bonds. The number of rotatable bonds is 8. The van der Waals surface area contributed by atoms with Gasteiger partial charge in [-0.3, -0.25) is 15.2 Å². The molecule has 0 aromatic carbocycles. The number of nitrogens with one attached hydrogen (secondary N) is 3. The fraction of sp³-hybridized carbons (Fsp3) is 0.522. The lowest BCUT2D eigenvalue weighted by molar-refractivity contribution is 0.113. The molecule has 2 unspecified atom stereocenters. The summed E-state index contributed by atoms with van der Waals surface area (Å²) in [5, 5.41) is 29.8. The van der Waals surface area contributed by atoms with Crippen molar-refractivity contribution >= 4 is 22.5 Å². The van der Waals surface area contributed by atoms with Crippen molar-refractivity contribution in [2.45, 2.75) is 62.8 Å². The molecule has 9 heteroatoms. The second-order valence-corrected chi connectivity index (χ2v) is 9.82. The van der Waals surface area contributed by atoms with Crippen LogP contribution in [0.1, 0.15) is 54.4 Å². The summed E-state index contributed by atoms with van der Waals surface area (Å²) in [5.41, 5.74) is 2.10. The highest BCUT2D eigenvalue weighted by Gasteiger charge is 2.41. The van der Waals surface area contributed by atoms with Crippen LogP contribution in [-0.2, 0) is 6.42 Å². The standard InChI is InChI=1S/C23H29N7OS/c24-7-2-9-30-16-4-5-17(30)12-15(11-16)27-22-19-3-1-8-25-20(19)13-21(28-22)29-23-26-14-18(32-23)6-10-31/h1,3,8,13-17,22,27-28,31H,2,4-6,9-12H2,(H,26,29)/t15?,16-,17+,22?. The Morgan fingerprint density at radius 1 is 1.28 bits per heavy atom. The first-order valence-electron chi connectivity index (χ1n) is 11.4. The predicted octanol–water partition coefficient (Wildman–Crippen LogP) is 2.58. The number of nitriles is 1. The molecular weight excluding hydrogens is 422 g/mol. The Balaban J connectivity index is 1.28. The Kier molecular flexibility index (Phi) is 6.37. The quantitative estimate of drug-likeness (QED) is 0.485. The molecule has 0 radical (unpaired) electrons. The molecule has 0 aliphatic carbocycles. The number of hydrogen-bond donors (Lipinski definition) is 4. The van der Waals surface area contributed by atoms with Gasteiger partial charge in [-0.1, -0.05) is 6.07 Å². The molecular formula is C23H29N7OS. The van der Waals surface area contributed by atoms with Gasteiger partial charge in [0.2, 0.25) is 0 Å². The maximum Gasteiger partial charge on any atom is 0.188 e. The second-order valence-electron chi connectivity index (χ2n) is 8.71.